The van der Waals surface area contributed by atoms with E-state index in [9.17, 15) is 5.26 Å². The first-order valence-corrected chi connectivity index (χ1v) is 6.01. The van der Waals surface area contributed by atoms with Gasteiger partial charge in [0, 0.05) is 18.8 Å². The Morgan fingerprint density at radius 3 is 2.88 bits per heavy atom. The van der Waals surface area contributed by atoms with Crippen LogP contribution >= 0.6 is 0 Å². The summed E-state index contributed by atoms with van der Waals surface area (Å²) in [6, 6.07) is 4.50. The number of aryl methyl sites for hydroxylation is 1. The second-order valence-corrected chi connectivity index (χ2v) is 4.44. The molecule has 0 radical (unpaired) electrons. The van der Waals surface area contributed by atoms with E-state index < -0.39 is 0 Å². The first-order chi connectivity index (χ1) is 8.27. The summed E-state index contributed by atoms with van der Waals surface area (Å²) in [5.41, 5.74) is 1.58. The summed E-state index contributed by atoms with van der Waals surface area (Å²) in [7, 11) is 0. The maximum atomic E-state index is 9.21. The van der Waals surface area contributed by atoms with Gasteiger partial charge in [-0.1, -0.05) is 0 Å². The number of aromatic nitrogens is 1. The van der Waals surface area contributed by atoms with E-state index in [-0.39, 0.29) is 6.61 Å². The maximum absolute atomic E-state index is 9.21. The molecule has 0 saturated heterocycles. The quantitative estimate of drug-likeness (QED) is 0.855. The van der Waals surface area contributed by atoms with Crippen molar-refractivity contribution in [1.29, 1.82) is 5.26 Å². The van der Waals surface area contributed by atoms with Crippen LogP contribution in [0.2, 0.25) is 0 Å². The molecule has 2 rings (SSSR count). The summed E-state index contributed by atoms with van der Waals surface area (Å²) in [4.78, 5) is 6.40. The minimum absolute atomic E-state index is 0.0942. The molecule has 0 aromatic carbocycles. The molecule has 0 aliphatic heterocycles. The van der Waals surface area contributed by atoms with Gasteiger partial charge in [0.15, 0.2) is 0 Å². The van der Waals surface area contributed by atoms with Gasteiger partial charge >= 0.3 is 0 Å². The Labute approximate surface area is 102 Å². The van der Waals surface area contributed by atoms with Crippen molar-refractivity contribution in [2.75, 3.05) is 18.1 Å². The number of aliphatic hydroxyl groups excluding tert-OH is 1. The van der Waals surface area contributed by atoms with Gasteiger partial charge in [-0.05, 0) is 37.8 Å². The lowest BCUT2D eigenvalue weighted by Gasteiger charge is -2.38. The van der Waals surface area contributed by atoms with Crippen molar-refractivity contribution in [3.8, 4) is 6.07 Å². The number of hydrogen-bond donors (Lipinski definition) is 1. The third-order valence-corrected chi connectivity index (χ3v) is 3.38. The van der Waals surface area contributed by atoms with E-state index in [0.717, 1.165) is 24.2 Å². The van der Waals surface area contributed by atoms with Crippen molar-refractivity contribution >= 4 is 5.82 Å². The Balaban J connectivity index is 2.35. The molecule has 17 heavy (non-hydrogen) atoms. The fraction of sp³-hybridized carbons (Fsp3) is 0.538. The van der Waals surface area contributed by atoms with Crippen LogP contribution in [0.1, 0.15) is 30.4 Å². The zero-order valence-electron chi connectivity index (χ0n) is 10.1. The average molecular weight is 231 g/mol. The first-order valence-electron chi connectivity index (χ1n) is 6.01. The molecule has 1 fully saturated rings. The predicted molar refractivity (Wildman–Crippen MR) is 65.8 cm³/mol. The van der Waals surface area contributed by atoms with E-state index in [0.29, 0.717) is 18.2 Å². The largest absolute Gasteiger partial charge is 0.395 e. The van der Waals surface area contributed by atoms with Crippen LogP contribution < -0.4 is 4.90 Å². The van der Waals surface area contributed by atoms with Gasteiger partial charge in [-0.25, -0.2) is 4.98 Å². The minimum atomic E-state index is 0.0942. The van der Waals surface area contributed by atoms with Gasteiger partial charge in [-0.3, -0.25) is 0 Å². The van der Waals surface area contributed by atoms with Crippen LogP contribution in [0, 0.1) is 18.3 Å². The highest BCUT2D eigenvalue weighted by atomic mass is 16.3. The zero-order valence-corrected chi connectivity index (χ0v) is 10.1. The average Bonchev–Trinajstić information content (AvgIpc) is 2.26. The summed E-state index contributed by atoms with van der Waals surface area (Å²) in [6.45, 7) is 2.56. The van der Waals surface area contributed by atoms with Crippen molar-refractivity contribution in [3.05, 3.63) is 23.4 Å². The number of nitrogens with zero attached hydrogens (tertiary/aromatic N) is 3. The van der Waals surface area contributed by atoms with Gasteiger partial charge < -0.3 is 10.0 Å². The second kappa shape index (κ2) is 5.15. The van der Waals surface area contributed by atoms with Crippen molar-refractivity contribution in [1.82, 2.24) is 4.98 Å². The molecule has 1 aliphatic carbocycles. The van der Waals surface area contributed by atoms with Crippen LogP contribution in [0.5, 0.6) is 0 Å². The predicted octanol–water partition coefficient (Wildman–Crippen LogP) is 1.61. The maximum Gasteiger partial charge on any atom is 0.147 e. The third-order valence-electron chi connectivity index (χ3n) is 3.38. The van der Waals surface area contributed by atoms with Gasteiger partial charge in [0.1, 0.15) is 11.9 Å². The summed E-state index contributed by atoms with van der Waals surface area (Å²) < 4.78 is 0. The molecular formula is C13H17N3O. The van der Waals surface area contributed by atoms with Gasteiger partial charge in [0.2, 0.25) is 0 Å². The molecule has 1 saturated carbocycles. The minimum Gasteiger partial charge on any atom is -0.395 e. The van der Waals surface area contributed by atoms with Gasteiger partial charge in [0.05, 0.1) is 12.2 Å². The molecule has 0 atom stereocenters. The van der Waals surface area contributed by atoms with Crippen LogP contribution in [0.15, 0.2) is 12.3 Å². The fourth-order valence-electron chi connectivity index (χ4n) is 2.17. The molecule has 90 valence electrons. The van der Waals surface area contributed by atoms with Crippen molar-refractivity contribution < 1.29 is 5.11 Å². The van der Waals surface area contributed by atoms with E-state index >= 15 is 0 Å². The summed E-state index contributed by atoms with van der Waals surface area (Å²) in [5, 5.41) is 18.4. The van der Waals surface area contributed by atoms with Crippen LogP contribution in [0.3, 0.4) is 0 Å². The zero-order chi connectivity index (χ0) is 12.3. The smallest absolute Gasteiger partial charge is 0.147 e. The molecule has 1 heterocycles. The molecule has 4 nitrogen and oxygen atoms in total. The molecule has 4 heteroatoms. The lowest BCUT2D eigenvalue weighted by Crippen LogP contribution is -2.42. The summed E-state index contributed by atoms with van der Waals surface area (Å²) in [5.74, 6) is 0.728. The van der Waals surface area contributed by atoms with E-state index in [1.807, 2.05) is 13.0 Å². The fourth-order valence-corrected chi connectivity index (χ4v) is 2.17. The first kappa shape index (κ1) is 11.9. The van der Waals surface area contributed by atoms with E-state index in [1.54, 1.807) is 6.20 Å². The van der Waals surface area contributed by atoms with Crippen molar-refractivity contribution in [3.63, 3.8) is 0 Å². The van der Waals surface area contributed by atoms with Gasteiger partial charge in [-0.15, -0.1) is 0 Å². The number of aliphatic hydroxyl groups is 1. The number of hydrogen-bond acceptors (Lipinski definition) is 4. The third kappa shape index (κ3) is 2.25. The van der Waals surface area contributed by atoms with Gasteiger partial charge in [-0.2, -0.15) is 5.26 Å². The van der Waals surface area contributed by atoms with Crippen molar-refractivity contribution in [2.24, 2.45) is 0 Å². The standard InChI is InChI=1S/C13H17N3O/c1-10-5-6-15-13(12(10)9-14)16(7-8-17)11-3-2-4-11/h5-6,11,17H,2-4,7-8H2,1H3. The van der Waals surface area contributed by atoms with E-state index in [4.69, 9.17) is 5.11 Å². The number of nitriles is 1. The molecule has 0 amide bonds. The topological polar surface area (TPSA) is 60.1 Å². The lowest BCUT2D eigenvalue weighted by molar-refractivity contribution is 0.283. The highest BCUT2D eigenvalue weighted by Gasteiger charge is 2.27. The van der Waals surface area contributed by atoms with Gasteiger partial charge in [0.25, 0.3) is 0 Å². The van der Waals surface area contributed by atoms with Crippen LogP contribution in [0.4, 0.5) is 5.82 Å². The normalized spacial score (nSPS) is 15.1. The van der Waals surface area contributed by atoms with E-state index in [1.165, 1.54) is 6.42 Å². The molecule has 0 bridgehead atoms. The molecule has 1 aromatic heterocycles. The number of rotatable bonds is 4. The molecule has 0 spiro atoms. The Hall–Kier alpha value is -1.60. The number of pyridine rings is 1. The Bertz CT molecular complexity index is 435. The lowest BCUT2D eigenvalue weighted by atomic mass is 9.91. The molecular weight excluding hydrogens is 214 g/mol. The molecule has 1 aromatic rings. The molecule has 1 aliphatic rings. The molecule has 1 N–H and O–H groups in total. The Kier molecular flexibility index (Phi) is 3.60. The highest BCUT2D eigenvalue weighted by Crippen LogP contribution is 2.30. The van der Waals surface area contributed by atoms with Crippen LogP contribution in [0.25, 0.3) is 0 Å². The van der Waals surface area contributed by atoms with Crippen molar-refractivity contribution in [2.45, 2.75) is 32.2 Å². The monoisotopic (exact) mass is 231 g/mol. The Morgan fingerprint density at radius 1 is 1.59 bits per heavy atom. The molecule has 0 unspecified atom stereocenters. The van der Waals surface area contributed by atoms with Crippen LogP contribution in [-0.4, -0.2) is 29.3 Å². The summed E-state index contributed by atoms with van der Waals surface area (Å²) >= 11 is 0. The van der Waals surface area contributed by atoms with Crippen LogP contribution in [-0.2, 0) is 0 Å². The second-order valence-electron chi connectivity index (χ2n) is 4.44. The SMILES string of the molecule is Cc1ccnc(N(CCO)C2CCC2)c1C#N. The number of anilines is 1. The highest BCUT2D eigenvalue weighted by molar-refractivity contribution is 5.58. The Morgan fingerprint density at radius 2 is 2.35 bits per heavy atom. The van der Waals surface area contributed by atoms with E-state index in [2.05, 4.69) is 16.0 Å². The summed E-state index contributed by atoms with van der Waals surface area (Å²) in [6.07, 6.45) is 5.20.